The van der Waals surface area contributed by atoms with Gasteiger partial charge in [0.05, 0.1) is 18.6 Å². The molecule has 0 N–H and O–H groups in total. The van der Waals surface area contributed by atoms with Gasteiger partial charge >= 0.3 is 5.97 Å². The van der Waals surface area contributed by atoms with Crippen molar-refractivity contribution in [2.75, 3.05) is 20.1 Å². The van der Waals surface area contributed by atoms with E-state index in [0.717, 1.165) is 18.7 Å². The topological polar surface area (TPSA) is 64.4 Å². The summed E-state index contributed by atoms with van der Waals surface area (Å²) >= 11 is 0. The lowest BCUT2D eigenvalue weighted by molar-refractivity contribution is -0.141. The van der Waals surface area contributed by atoms with Gasteiger partial charge in [0.1, 0.15) is 5.69 Å². The number of likely N-dealkylation sites (tertiary alicyclic amines) is 1. The summed E-state index contributed by atoms with van der Waals surface area (Å²) in [5, 5.41) is 0. The molecule has 6 heteroatoms. The Morgan fingerprint density at radius 3 is 2.46 bits per heavy atom. The Bertz CT molecular complexity index is 777. The number of piperidine rings is 1. The fourth-order valence-corrected chi connectivity index (χ4v) is 3.40. The van der Waals surface area contributed by atoms with Crippen molar-refractivity contribution in [1.82, 2.24) is 14.5 Å². The molecule has 1 atom stereocenters. The van der Waals surface area contributed by atoms with Crippen molar-refractivity contribution in [1.29, 1.82) is 0 Å². The summed E-state index contributed by atoms with van der Waals surface area (Å²) in [4.78, 5) is 31.4. The molecule has 0 spiro atoms. The third-order valence-electron chi connectivity index (χ3n) is 5.30. The fourth-order valence-electron chi connectivity index (χ4n) is 3.40. The van der Waals surface area contributed by atoms with Gasteiger partial charge in [-0.25, -0.2) is 9.78 Å². The number of aromatic nitrogens is 2. The second-order valence-electron chi connectivity index (χ2n) is 7.02. The Labute approximate surface area is 153 Å². The fraction of sp³-hybridized carbons (Fsp3) is 0.450. The zero-order valence-electron chi connectivity index (χ0n) is 15.5. The minimum Gasteiger partial charge on any atom is -0.446 e. The largest absolute Gasteiger partial charge is 0.446 e. The molecule has 1 aromatic carbocycles. The normalized spacial score (nSPS) is 18.3. The Morgan fingerprint density at radius 1 is 1.19 bits per heavy atom. The molecule has 6 nitrogen and oxygen atoms in total. The van der Waals surface area contributed by atoms with Crippen LogP contribution in [0.25, 0.3) is 0 Å². The number of benzene rings is 1. The number of ketones is 1. The maximum absolute atomic E-state index is 12.9. The average molecular weight is 355 g/mol. The lowest BCUT2D eigenvalue weighted by Gasteiger charge is -2.38. The molecular formula is C20H25N3O3. The van der Waals surface area contributed by atoms with Gasteiger partial charge in [0, 0.05) is 25.9 Å². The summed E-state index contributed by atoms with van der Waals surface area (Å²) in [6.45, 7) is 4.96. The first-order chi connectivity index (χ1) is 12.4. The molecule has 1 fully saturated rings. The van der Waals surface area contributed by atoms with Crippen molar-refractivity contribution in [3.05, 3.63) is 54.1 Å². The molecule has 0 saturated carbocycles. The van der Waals surface area contributed by atoms with E-state index in [1.807, 2.05) is 44.3 Å². The lowest BCUT2D eigenvalue weighted by Crippen LogP contribution is -2.50. The predicted molar refractivity (Wildman–Crippen MR) is 98.0 cm³/mol. The van der Waals surface area contributed by atoms with Crippen LogP contribution in [-0.2, 0) is 9.53 Å². The van der Waals surface area contributed by atoms with E-state index in [0.29, 0.717) is 18.5 Å². The van der Waals surface area contributed by atoms with E-state index in [9.17, 15) is 9.59 Å². The van der Waals surface area contributed by atoms with Gasteiger partial charge in [-0.2, -0.15) is 0 Å². The van der Waals surface area contributed by atoms with Crippen molar-refractivity contribution in [2.45, 2.75) is 38.3 Å². The van der Waals surface area contributed by atoms with E-state index in [-0.39, 0.29) is 11.8 Å². The van der Waals surface area contributed by atoms with E-state index in [2.05, 4.69) is 9.88 Å². The van der Waals surface area contributed by atoms with Gasteiger partial charge in [-0.1, -0.05) is 30.3 Å². The Balaban J connectivity index is 1.83. The number of hydrogen-bond acceptors (Lipinski definition) is 5. The van der Waals surface area contributed by atoms with Crippen LogP contribution in [0.5, 0.6) is 0 Å². The molecule has 138 valence electrons. The average Bonchev–Trinajstić information content (AvgIpc) is 3.13. The minimum atomic E-state index is -1.03. The van der Waals surface area contributed by atoms with E-state index >= 15 is 0 Å². The number of rotatable bonds is 5. The maximum atomic E-state index is 12.9. The Morgan fingerprint density at radius 2 is 1.85 bits per heavy atom. The smallest absolute Gasteiger partial charge is 0.357 e. The van der Waals surface area contributed by atoms with Gasteiger partial charge in [0.25, 0.3) is 0 Å². The van der Waals surface area contributed by atoms with Crippen LogP contribution in [0, 0.1) is 0 Å². The first kappa shape index (κ1) is 18.3. The molecular weight excluding hydrogens is 330 g/mol. The highest BCUT2D eigenvalue weighted by Crippen LogP contribution is 2.29. The van der Waals surface area contributed by atoms with Crippen LogP contribution >= 0.6 is 0 Å². The van der Waals surface area contributed by atoms with Crippen LogP contribution in [-0.4, -0.2) is 51.9 Å². The highest BCUT2D eigenvalue weighted by Gasteiger charge is 2.42. The van der Waals surface area contributed by atoms with E-state index in [1.54, 1.807) is 10.9 Å². The van der Waals surface area contributed by atoms with Gasteiger partial charge in [0.15, 0.2) is 11.4 Å². The molecule has 0 bridgehead atoms. The first-order valence-electron chi connectivity index (χ1n) is 8.93. The summed E-state index contributed by atoms with van der Waals surface area (Å²) in [6.07, 6.45) is 4.17. The molecule has 1 saturated heterocycles. The molecule has 2 heterocycles. The molecule has 1 aliphatic rings. The minimum absolute atomic E-state index is 0.0629. The van der Waals surface area contributed by atoms with E-state index in [1.165, 1.54) is 13.1 Å². The molecule has 0 radical (unpaired) electrons. The van der Waals surface area contributed by atoms with E-state index < -0.39 is 11.6 Å². The predicted octanol–water partition coefficient (Wildman–Crippen LogP) is 2.70. The summed E-state index contributed by atoms with van der Waals surface area (Å²) in [5.74, 6) is -0.592. The standard InChI is InChI=1S/C20H25N3O3/c1-15(17-7-5-4-6-8-17)23-14-21-13-18(23)19(25)26-20(16(2)24)9-11-22(3)12-10-20/h4-8,13-15H,9-12H2,1-3H3. The third kappa shape index (κ3) is 3.55. The quantitative estimate of drug-likeness (QED) is 0.772. The molecule has 0 aliphatic carbocycles. The molecule has 26 heavy (non-hydrogen) atoms. The number of hydrogen-bond donors (Lipinski definition) is 0. The summed E-state index contributed by atoms with van der Waals surface area (Å²) < 4.78 is 7.58. The van der Waals surface area contributed by atoms with Crippen molar-refractivity contribution >= 4 is 11.8 Å². The summed E-state index contributed by atoms with van der Waals surface area (Å²) in [6, 6.07) is 9.83. The SMILES string of the molecule is CC(=O)C1(OC(=O)c2cncn2C(C)c2ccccc2)CCN(C)CC1. The maximum Gasteiger partial charge on any atom is 0.357 e. The molecule has 0 amide bonds. The van der Waals surface area contributed by atoms with Crippen molar-refractivity contribution in [2.24, 2.45) is 0 Å². The van der Waals surface area contributed by atoms with Crippen LogP contribution in [0.15, 0.2) is 42.9 Å². The molecule has 1 aliphatic heterocycles. The van der Waals surface area contributed by atoms with Crippen LogP contribution in [0.1, 0.15) is 48.8 Å². The lowest BCUT2D eigenvalue weighted by atomic mass is 9.87. The van der Waals surface area contributed by atoms with Crippen LogP contribution in [0.3, 0.4) is 0 Å². The van der Waals surface area contributed by atoms with Gasteiger partial charge < -0.3 is 14.2 Å². The van der Waals surface area contributed by atoms with Gasteiger partial charge in [0.2, 0.25) is 0 Å². The number of esters is 1. The monoisotopic (exact) mass is 355 g/mol. The second kappa shape index (κ2) is 7.41. The Kier molecular flexibility index (Phi) is 5.23. The van der Waals surface area contributed by atoms with Gasteiger partial charge in [-0.05, 0) is 26.5 Å². The highest BCUT2D eigenvalue weighted by atomic mass is 16.6. The molecule has 1 unspecified atom stereocenters. The zero-order valence-corrected chi connectivity index (χ0v) is 15.5. The van der Waals surface area contributed by atoms with Crippen molar-refractivity contribution < 1.29 is 14.3 Å². The van der Waals surface area contributed by atoms with Gasteiger partial charge in [-0.3, -0.25) is 4.79 Å². The molecule has 1 aromatic heterocycles. The first-order valence-corrected chi connectivity index (χ1v) is 8.93. The van der Waals surface area contributed by atoms with Crippen molar-refractivity contribution in [3.8, 4) is 0 Å². The summed E-state index contributed by atoms with van der Waals surface area (Å²) in [7, 11) is 2.00. The van der Waals surface area contributed by atoms with Crippen LogP contribution in [0.2, 0.25) is 0 Å². The summed E-state index contributed by atoms with van der Waals surface area (Å²) in [5.41, 5.74) is 0.398. The van der Waals surface area contributed by atoms with Gasteiger partial charge in [-0.15, -0.1) is 0 Å². The number of ether oxygens (including phenoxy) is 1. The number of carbonyl (C=O) groups excluding carboxylic acids is 2. The number of imidazole rings is 1. The number of nitrogens with zero attached hydrogens (tertiary/aromatic N) is 3. The molecule has 3 rings (SSSR count). The Hall–Kier alpha value is -2.47. The van der Waals surface area contributed by atoms with Crippen LogP contribution in [0.4, 0.5) is 0 Å². The zero-order chi connectivity index (χ0) is 18.7. The van der Waals surface area contributed by atoms with Crippen LogP contribution < -0.4 is 0 Å². The number of Topliss-reactive ketones (excluding diaryl/α,β-unsaturated/α-hetero) is 1. The van der Waals surface area contributed by atoms with Crippen molar-refractivity contribution in [3.63, 3.8) is 0 Å². The highest BCUT2D eigenvalue weighted by molar-refractivity contribution is 5.93. The number of carbonyl (C=O) groups is 2. The molecule has 2 aromatic rings. The second-order valence-corrected chi connectivity index (χ2v) is 7.02. The third-order valence-corrected chi connectivity index (χ3v) is 5.30. The van der Waals surface area contributed by atoms with E-state index in [4.69, 9.17) is 4.74 Å².